The maximum atomic E-state index is 13.3. The van der Waals surface area contributed by atoms with Crippen molar-refractivity contribution in [1.82, 2.24) is 0 Å². The summed E-state index contributed by atoms with van der Waals surface area (Å²) in [5.74, 6) is 0.565. The van der Waals surface area contributed by atoms with Crippen LogP contribution >= 0.6 is 7.28 Å². The molecule has 0 aromatic heterocycles. The third-order valence-electron chi connectivity index (χ3n) is 7.41. The van der Waals surface area contributed by atoms with Crippen molar-refractivity contribution in [2.45, 2.75) is 112 Å². The van der Waals surface area contributed by atoms with Crippen LogP contribution in [-0.4, -0.2) is 9.79 Å². The van der Waals surface area contributed by atoms with Crippen LogP contribution in [0.1, 0.15) is 111 Å². The third kappa shape index (κ3) is 6.12. The molecule has 0 unspecified atom stereocenters. The van der Waals surface area contributed by atoms with Crippen LogP contribution in [0.25, 0.3) is 0 Å². The van der Waals surface area contributed by atoms with Gasteiger partial charge in [-0.15, -0.1) is 0 Å². The second-order valence-corrected chi connectivity index (χ2v) is 18.3. The normalized spacial score (nSPS) is 14.6. The van der Waals surface area contributed by atoms with Crippen LogP contribution in [0.2, 0.25) is 0 Å². The first-order valence-electron chi connectivity index (χ1n) is 14.0. The predicted molar refractivity (Wildman–Crippen MR) is 170 cm³/mol. The van der Waals surface area contributed by atoms with Crippen molar-refractivity contribution in [2.24, 2.45) is 0 Å². The van der Waals surface area contributed by atoms with Crippen LogP contribution in [0, 0.1) is 6.92 Å². The van der Waals surface area contributed by atoms with Crippen molar-refractivity contribution < 1.29 is 14.3 Å². The summed E-state index contributed by atoms with van der Waals surface area (Å²) in [6, 6.07) is 19.6. The maximum absolute atomic E-state index is 13.3. The topological polar surface area (TPSA) is 49.7 Å². The number of benzene rings is 3. The molecule has 3 rings (SSSR count). The van der Waals surface area contributed by atoms with Gasteiger partial charge >= 0.3 is 238 Å². The van der Waals surface area contributed by atoms with Gasteiger partial charge in [-0.3, -0.25) is 0 Å². The molecule has 3 aromatic carbocycles. The van der Waals surface area contributed by atoms with E-state index in [0.29, 0.717) is 16.4 Å². The van der Waals surface area contributed by atoms with Crippen molar-refractivity contribution in [3.63, 3.8) is 0 Å². The SMILES string of the molecule is Cc1cc(C(C)(C)C)c(OP(O)(O)(c2ccccc2C(C)(C)C)c2ccccc2C(C)(C)C)c(C(C)(C)C)c1. The van der Waals surface area contributed by atoms with Gasteiger partial charge in [0.15, 0.2) is 0 Å². The van der Waals surface area contributed by atoms with E-state index in [4.69, 9.17) is 4.52 Å². The Bertz CT molecular complexity index is 1260. The summed E-state index contributed by atoms with van der Waals surface area (Å²) in [5, 5.41) is 0.904. The molecule has 0 spiro atoms. The molecule has 0 saturated heterocycles. The van der Waals surface area contributed by atoms with E-state index in [9.17, 15) is 9.79 Å². The van der Waals surface area contributed by atoms with Crippen molar-refractivity contribution in [1.29, 1.82) is 0 Å². The zero-order valence-electron chi connectivity index (χ0n) is 26.5. The zero-order chi connectivity index (χ0) is 29.8. The molecule has 0 aliphatic carbocycles. The Labute approximate surface area is 237 Å². The molecule has 0 heterocycles. The van der Waals surface area contributed by atoms with E-state index in [1.807, 2.05) is 48.5 Å². The first-order chi connectivity index (χ1) is 17.5. The Morgan fingerprint density at radius 1 is 0.513 bits per heavy atom. The van der Waals surface area contributed by atoms with Crippen molar-refractivity contribution >= 4 is 17.9 Å². The van der Waals surface area contributed by atoms with Gasteiger partial charge in [-0.2, -0.15) is 0 Å². The number of hydrogen-bond acceptors (Lipinski definition) is 3. The van der Waals surface area contributed by atoms with E-state index in [-0.39, 0.29) is 21.7 Å². The number of hydrogen-bond donors (Lipinski definition) is 2. The van der Waals surface area contributed by atoms with Crippen molar-refractivity contribution in [3.8, 4) is 5.75 Å². The van der Waals surface area contributed by atoms with Gasteiger partial charge in [0.1, 0.15) is 0 Å². The quantitative estimate of drug-likeness (QED) is 0.320. The van der Waals surface area contributed by atoms with Crippen LogP contribution in [0.4, 0.5) is 0 Å². The summed E-state index contributed by atoms with van der Waals surface area (Å²) >= 11 is 0. The average Bonchev–Trinajstić information content (AvgIpc) is 2.77. The molecule has 3 nitrogen and oxygen atoms in total. The summed E-state index contributed by atoms with van der Waals surface area (Å²) in [5.41, 5.74) is 3.49. The van der Waals surface area contributed by atoms with E-state index < -0.39 is 7.28 Å². The van der Waals surface area contributed by atoms with Crippen LogP contribution < -0.4 is 15.1 Å². The van der Waals surface area contributed by atoms with E-state index in [0.717, 1.165) is 27.8 Å². The fourth-order valence-corrected chi connectivity index (χ4v) is 8.70. The van der Waals surface area contributed by atoms with Gasteiger partial charge < -0.3 is 0 Å². The van der Waals surface area contributed by atoms with Crippen molar-refractivity contribution in [3.05, 3.63) is 88.5 Å². The molecule has 0 amide bonds. The first-order valence-corrected chi connectivity index (χ1v) is 16.1. The standard InChI is InChI=1S/C35H51O3P/c1-24-22-27(34(8,9)10)31(28(23-24)35(11,12)13)38-39(36,37,29-20-16-14-18-25(29)32(2,3)4)30-21-17-15-19-26(30)33(5,6)7/h14-23,36-37H,1-13H3. The Hall–Kier alpha value is -2.19. The van der Waals surface area contributed by atoms with Gasteiger partial charge in [-0.05, 0) is 0 Å². The Morgan fingerprint density at radius 3 is 1.13 bits per heavy atom. The molecule has 0 bridgehead atoms. The molecule has 214 valence electrons. The molecule has 2 N–H and O–H groups in total. The fraction of sp³-hybridized carbons (Fsp3) is 0.486. The van der Waals surface area contributed by atoms with Gasteiger partial charge in [0.05, 0.1) is 0 Å². The summed E-state index contributed by atoms with van der Waals surface area (Å²) in [6.45, 7) is 27.6. The summed E-state index contributed by atoms with van der Waals surface area (Å²) < 4.78 is 7.05. The molecule has 4 heteroatoms. The van der Waals surface area contributed by atoms with Gasteiger partial charge in [0.25, 0.3) is 0 Å². The van der Waals surface area contributed by atoms with Crippen molar-refractivity contribution in [2.75, 3.05) is 0 Å². The molecule has 3 aromatic rings. The molecule has 0 aliphatic rings. The molecule has 0 aliphatic heterocycles. The Kier molecular flexibility index (Phi) is 7.81. The molecular weight excluding hydrogens is 499 g/mol. The molecule has 0 saturated carbocycles. The zero-order valence-corrected chi connectivity index (χ0v) is 27.4. The van der Waals surface area contributed by atoms with Crippen LogP contribution in [0.15, 0.2) is 60.7 Å². The van der Waals surface area contributed by atoms with Gasteiger partial charge in [0, 0.05) is 0 Å². The van der Waals surface area contributed by atoms with E-state index in [1.165, 1.54) is 0 Å². The van der Waals surface area contributed by atoms with Gasteiger partial charge in [0.2, 0.25) is 0 Å². The number of aryl methyl sites for hydroxylation is 1. The molecular formula is C35H51O3P. The summed E-state index contributed by atoms with van der Waals surface area (Å²) in [4.78, 5) is 26.5. The summed E-state index contributed by atoms with van der Waals surface area (Å²) in [6.07, 6.45) is 0. The first kappa shape index (κ1) is 31.3. The summed E-state index contributed by atoms with van der Waals surface area (Å²) in [7, 11) is -5.32. The molecule has 0 radical (unpaired) electrons. The molecule has 0 atom stereocenters. The van der Waals surface area contributed by atoms with E-state index in [1.54, 1.807) is 0 Å². The fourth-order valence-electron chi connectivity index (χ4n) is 5.31. The molecule has 0 fully saturated rings. The van der Waals surface area contributed by atoms with Gasteiger partial charge in [-0.1, -0.05) is 0 Å². The third-order valence-corrected chi connectivity index (χ3v) is 10.5. The molecule has 39 heavy (non-hydrogen) atoms. The minimum atomic E-state index is -5.32. The van der Waals surface area contributed by atoms with E-state index >= 15 is 0 Å². The second-order valence-electron chi connectivity index (χ2n) is 15.3. The van der Waals surface area contributed by atoms with Crippen LogP contribution in [-0.2, 0) is 21.7 Å². The van der Waals surface area contributed by atoms with E-state index in [2.05, 4.69) is 102 Å². The van der Waals surface area contributed by atoms with Gasteiger partial charge in [-0.25, -0.2) is 0 Å². The average molecular weight is 551 g/mol. The second kappa shape index (κ2) is 9.72. The Balaban J connectivity index is 2.61. The minimum absolute atomic E-state index is 0.293. The van der Waals surface area contributed by atoms with Crippen LogP contribution in [0.5, 0.6) is 5.75 Å². The monoisotopic (exact) mass is 550 g/mol. The van der Waals surface area contributed by atoms with Crippen LogP contribution in [0.3, 0.4) is 0 Å². The predicted octanol–water partition coefficient (Wildman–Crippen LogP) is 8.50. The Morgan fingerprint density at radius 2 is 0.821 bits per heavy atom. The number of rotatable bonds is 4.